The number of amides is 1. The van der Waals surface area contributed by atoms with E-state index in [1.807, 2.05) is 49.4 Å². The third kappa shape index (κ3) is 4.61. The second-order valence-electron chi connectivity index (χ2n) is 6.21. The molecule has 0 saturated heterocycles. The van der Waals surface area contributed by atoms with Crippen LogP contribution in [0.2, 0.25) is 0 Å². The van der Waals surface area contributed by atoms with E-state index < -0.39 is 0 Å². The summed E-state index contributed by atoms with van der Waals surface area (Å²) in [5, 5.41) is 8.41. The first-order valence-corrected chi connectivity index (χ1v) is 8.69. The Kier molecular flexibility index (Phi) is 5.86. The average Bonchev–Trinajstić information content (AvgIpc) is 3.07. The second kappa shape index (κ2) is 8.49. The number of hydrogen-bond acceptors (Lipinski definition) is 5. The van der Waals surface area contributed by atoms with Crippen LogP contribution >= 0.6 is 0 Å². The number of hydroxylamine groups is 1. The van der Waals surface area contributed by atoms with Gasteiger partial charge in [0.2, 0.25) is 11.8 Å². The third-order valence-electron chi connectivity index (χ3n) is 4.09. The minimum absolute atomic E-state index is 0.329. The van der Waals surface area contributed by atoms with Crippen molar-refractivity contribution in [2.45, 2.75) is 32.6 Å². The number of carbonyl (C=O) groups is 1. The van der Waals surface area contributed by atoms with Gasteiger partial charge in [0.05, 0.1) is 6.61 Å². The normalized spacial score (nSPS) is 10.8. The number of carbonyl (C=O) groups excluding carboxylic acids is 1. The molecule has 0 saturated carbocycles. The minimum atomic E-state index is -0.351. The molecule has 0 aliphatic carbocycles. The van der Waals surface area contributed by atoms with Crippen molar-refractivity contribution in [3.63, 3.8) is 0 Å². The maximum absolute atomic E-state index is 10.9. The van der Waals surface area contributed by atoms with Crippen LogP contribution in [0.4, 0.5) is 0 Å². The summed E-state index contributed by atoms with van der Waals surface area (Å²) >= 11 is 0. The van der Waals surface area contributed by atoms with E-state index >= 15 is 0 Å². The molecule has 0 radical (unpaired) electrons. The Bertz CT molecular complexity index is 871. The summed E-state index contributed by atoms with van der Waals surface area (Å²) < 4.78 is 11.5. The molecule has 3 rings (SSSR count). The summed E-state index contributed by atoms with van der Waals surface area (Å²) in [6.07, 6.45) is 2.78. The lowest BCUT2D eigenvalue weighted by atomic mass is 10.2. The lowest BCUT2D eigenvalue weighted by molar-refractivity contribution is -0.129. The number of ether oxygens (including phenoxy) is 1. The third-order valence-corrected chi connectivity index (χ3v) is 4.09. The molecule has 2 aromatic carbocycles. The number of benzene rings is 2. The SMILES string of the molecule is Cc1ccc2nc(-c3ccc(OCCCCCC(=O)NO)cc3)oc2c1. The molecular formula is C20H22N2O4. The van der Waals surface area contributed by atoms with Gasteiger partial charge in [0, 0.05) is 12.0 Å². The van der Waals surface area contributed by atoms with Crippen molar-refractivity contribution in [3.05, 3.63) is 48.0 Å². The fraction of sp³-hybridized carbons (Fsp3) is 0.300. The van der Waals surface area contributed by atoms with Crippen LogP contribution in [0.25, 0.3) is 22.6 Å². The monoisotopic (exact) mass is 354 g/mol. The van der Waals surface area contributed by atoms with Gasteiger partial charge in [0.15, 0.2) is 5.58 Å². The summed E-state index contributed by atoms with van der Waals surface area (Å²) in [7, 11) is 0. The zero-order chi connectivity index (χ0) is 18.4. The standard InChI is InChI=1S/C20H22N2O4/c1-14-6-11-17-18(13-14)26-20(21-17)15-7-9-16(10-8-15)25-12-4-2-3-5-19(23)22-24/h6-11,13,24H,2-5,12H2,1H3,(H,22,23). The summed E-state index contributed by atoms with van der Waals surface area (Å²) in [4.78, 5) is 15.4. The lowest BCUT2D eigenvalue weighted by Gasteiger charge is -2.06. The van der Waals surface area contributed by atoms with Crippen LogP contribution in [-0.2, 0) is 4.79 Å². The van der Waals surface area contributed by atoms with E-state index in [1.54, 1.807) is 5.48 Å². The largest absolute Gasteiger partial charge is 0.494 e. The summed E-state index contributed by atoms with van der Waals surface area (Å²) in [6, 6.07) is 13.6. The smallest absolute Gasteiger partial charge is 0.243 e. The van der Waals surface area contributed by atoms with Gasteiger partial charge < -0.3 is 9.15 Å². The van der Waals surface area contributed by atoms with Gasteiger partial charge in [0.25, 0.3) is 0 Å². The topological polar surface area (TPSA) is 84.6 Å². The Labute approximate surface area is 151 Å². The second-order valence-corrected chi connectivity index (χ2v) is 6.21. The number of nitrogens with one attached hydrogen (secondary N) is 1. The Morgan fingerprint density at radius 3 is 2.73 bits per heavy atom. The van der Waals surface area contributed by atoms with Crippen molar-refractivity contribution >= 4 is 17.0 Å². The Balaban J connectivity index is 1.51. The van der Waals surface area contributed by atoms with Crippen LogP contribution < -0.4 is 10.2 Å². The predicted octanol–water partition coefficient (Wildman–Crippen LogP) is 4.25. The fourth-order valence-electron chi connectivity index (χ4n) is 2.66. The number of aromatic nitrogens is 1. The molecule has 0 atom stereocenters. The quantitative estimate of drug-likeness (QED) is 0.359. The summed E-state index contributed by atoms with van der Waals surface area (Å²) in [6.45, 7) is 2.61. The Morgan fingerprint density at radius 2 is 1.96 bits per heavy atom. The van der Waals surface area contributed by atoms with E-state index in [2.05, 4.69) is 4.98 Å². The van der Waals surface area contributed by atoms with Gasteiger partial charge in [-0.2, -0.15) is 0 Å². The molecule has 0 aliphatic heterocycles. The van der Waals surface area contributed by atoms with Gasteiger partial charge in [-0.25, -0.2) is 10.5 Å². The molecule has 0 spiro atoms. The van der Waals surface area contributed by atoms with Crippen LogP contribution in [0.3, 0.4) is 0 Å². The first-order chi connectivity index (χ1) is 12.7. The van der Waals surface area contributed by atoms with Gasteiger partial charge in [-0.3, -0.25) is 10.0 Å². The van der Waals surface area contributed by atoms with Crippen LogP contribution in [0.5, 0.6) is 5.75 Å². The molecule has 1 heterocycles. The summed E-state index contributed by atoms with van der Waals surface area (Å²) in [5.74, 6) is 1.03. The molecule has 3 aromatic rings. The molecule has 1 amide bonds. The van der Waals surface area contributed by atoms with Crippen LogP contribution in [-0.4, -0.2) is 22.7 Å². The van der Waals surface area contributed by atoms with Gasteiger partial charge in [-0.05, 0) is 68.1 Å². The summed E-state index contributed by atoms with van der Waals surface area (Å²) in [5.41, 5.74) is 5.31. The molecule has 0 fully saturated rings. The van der Waals surface area contributed by atoms with Gasteiger partial charge in [-0.15, -0.1) is 0 Å². The van der Waals surface area contributed by atoms with Crippen molar-refractivity contribution in [3.8, 4) is 17.2 Å². The molecule has 26 heavy (non-hydrogen) atoms. The molecule has 2 N–H and O–H groups in total. The number of hydrogen-bond donors (Lipinski definition) is 2. The van der Waals surface area contributed by atoms with Gasteiger partial charge in [-0.1, -0.05) is 6.07 Å². The highest BCUT2D eigenvalue weighted by molar-refractivity contribution is 5.77. The molecule has 136 valence electrons. The molecule has 0 unspecified atom stereocenters. The fourth-order valence-corrected chi connectivity index (χ4v) is 2.66. The van der Waals surface area contributed by atoms with Crippen LogP contribution in [0.1, 0.15) is 31.2 Å². The maximum Gasteiger partial charge on any atom is 0.243 e. The van der Waals surface area contributed by atoms with Gasteiger partial charge in [0.1, 0.15) is 11.3 Å². The number of oxazole rings is 1. The number of aryl methyl sites for hydroxylation is 1. The molecule has 0 aliphatic rings. The predicted molar refractivity (Wildman–Crippen MR) is 98.1 cm³/mol. The zero-order valence-electron chi connectivity index (χ0n) is 14.7. The number of unbranched alkanes of at least 4 members (excludes halogenated alkanes) is 2. The van der Waals surface area contributed by atoms with Crippen molar-refractivity contribution in [1.29, 1.82) is 0 Å². The first kappa shape index (κ1) is 17.9. The van der Waals surface area contributed by atoms with E-state index in [1.165, 1.54) is 0 Å². The van der Waals surface area contributed by atoms with Crippen LogP contribution in [0.15, 0.2) is 46.9 Å². The first-order valence-electron chi connectivity index (χ1n) is 8.69. The molecular weight excluding hydrogens is 332 g/mol. The Hall–Kier alpha value is -2.86. The Morgan fingerprint density at radius 1 is 1.15 bits per heavy atom. The lowest BCUT2D eigenvalue weighted by Crippen LogP contribution is -2.17. The van der Waals surface area contributed by atoms with E-state index in [9.17, 15) is 4.79 Å². The van der Waals surface area contributed by atoms with Crippen molar-refractivity contribution < 1.29 is 19.2 Å². The maximum atomic E-state index is 10.9. The number of fused-ring (bicyclic) bond motifs is 1. The van der Waals surface area contributed by atoms with E-state index in [0.29, 0.717) is 18.9 Å². The van der Waals surface area contributed by atoms with E-state index in [4.69, 9.17) is 14.4 Å². The number of nitrogens with zero attached hydrogens (tertiary/aromatic N) is 1. The highest BCUT2D eigenvalue weighted by Gasteiger charge is 2.08. The highest BCUT2D eigenvalue weighted by Crippen LogP contribution is 2.26. The minimum Gasteiger partial charge on any atom is -0.494 e. The molecule has 0 bridgehead atoms. The molecule has 6 heteroatoms. The average molecular weight is 354 g/mol. The van der Waals surface area contributed by atoms with Crippen molar-refractivity contribution in [2.24, 2.45) is 0 Å². The number of rotatable bonds is 8. The molecule has 6 nitrogen and oxygen atoms in total. The zero-order valence-corrected chi connectivity index (χ0v) is 14.7. The van der Waals surface area contributed by atoms with E-state index in [0.717, 1.165) is 47.2 Å². The highest BCUT2D eigenvalue weighted by atomic mass is 16.5. The van der Waals surface area contributed by atoms with E-state index in [-0.39, 0.29) is 5.91 Å². The van der Waals surface area contributed by atoms with Crippen LogP contribution in [0, 0.1) is 6.92 Å². The van der Waals surface area contributed by atoms with Crippen molar-refractivity contribution in [2.75, 3.05) is 6.61 Å². The molecule has 1 aromatic heterocycles. The van der Waals surface area contributed by atoms with Crippen molar-refractivity contribution in [1.82, 2.24) is 10.5 Å². The van der Waals surface area contributed by atoms with Gasteiger partial charge >= 0.3 is 0 Å².